The fourth-order valence-corrected chi connectivity index (χ4v) is 4.64. The van der Waals surface area contributed by atoms with Crippen LogP contribution >= 0.6 is 23.4 Å². The first kappa shape index (κ1) is 21.4. The van der Waals surface area contributed by atoms with Crippen molar-refractivity contribution in [2.24, 2.45) is 0 Å². The van der Waals surface area contributed by atoms with Gasteiger partial charge < -0.3 is 9.30 Å². The maximum atomic E-state index is 14.2. The van der Waals surface area contributed by atoms with Gasteiger partial charge in [-0.3, -0.25) is 0 Å². The molecule has 0 unspecified atom stereocenters. The van der Waals surface area contributed by atoms with E-state index >= 15 is 0 Å². The van der Waals surface area contributed by atoms with Crippen molar-refractivity contribution in [3.63, 3.8) is 0 Å². The Morgan fingerprint density at radius 3 is 2.68 bits per heavy atom. The Morgan fingerprint density at radius 2 is 1.94 bits per heavy atom. The number of imidazole rings is 1. The third-order valence-corrected chi connectivity index (χ3v) is 6.17. The summed E-state index contributed by atoms with van der Waals surface area (Å²) in [7, 11) is 0. The molecule has 7 heteroatoms. The molecule has 0 atom stereocenters. The van der Waals surface area contributed by atoms with Crippen LogP contribution in [0, 0.1) is 5.82 Å². The second-order valence-electron chi connectivity index (χ2n) is 6.88. The topological polar surface area (TPSA) is 44.1 Å². The number of carbonyl (C=O) groups excluding carboxylic acids is 1. The first-order chi connectivity index (χ1) is 15.1. The molecule has 0 saturated carbocycles. The molecule has 0 N–H and O–H groups in total. The number of carbonyl (C=O) groups is 1. The molecule has 0 aliphatic rings. The number of halogens is 2. The summed E-state index contributed by atoms with van der Waals surface area (Å²) in [5.74, 6) is -0.376. The predicted molar refractivity (Wildman–Crippen MR) is 122 cm³/mol. The van der Waals surface area contributed by atoms with E-state index in [0.29, 0.717) is 40.6 Å². The van der Waals surface area contributed by atoms with Gasteiger partial charge in [0.1, 0.15) is 5.82 Å². The van der Waals surface area contributed by atoms with Crippen LogP contribution in [0.4, 0.5) is 4.39 Å². The fourth-order valence-electron chi connectivity index (χ4n) is 3.29. The van der Waals surface area contributed by atoms with Gasteiger partial charge in [0.2, 0.25) is 0 Å². The molecule has 1 heterocycles. The van der Waals surface area contributed by atoms with Crippen molar-refractivity contribution < 1.29 is 13.9 Å². The van der Waals surface area contributed by atoms with Gasteiger partial charge in [0.05, 0.1) is 29.7 Å². The van der Waals surface area contributed by atoms with E-state index in [4.69, 9.17) is 21.3 Å². The summed E-state index contributed by atoms with van der Waals surface area (Å²) in [5.41, 5.74) is 3.58. The van der Waals surface area contributed by atoms with Gasteiger partial charge in [0.25, 0.3) is 0 Å². The van der Waals surface area contributed by atoms with Gasteiger partial charge in [0, 0.05) is 16.3 Å². The number of aromatic nitrogens is 2. The molecule has 4 rings (SSSR count). The van der Waals surface area contributed by atoms with Gasteiger partial charge >= 0.3 is 5.97 Å². The molecular formula is C24H20ClFN2O2S. The molecule has 4 nitrogen and oxygen atoms in total. The molecule has 0 aliphatic heterocycles. The van der Waals surface area contributed by atoms with Crippen LogP contribution in [0.25, 0.3) is 11.0 Å². The second kappa shape index (κ2) is 9.54. The minimum atomic E-state index is -0.380. The zero-order valence-electron chi connectivity index (χ0n) is 16.8. The molecule has 0 amide bonds. The molecule has 3 aromatic carbocycles. The molecule has 0 spiro atoms. The molecular weight excluding hydrogens is 435 g/mol. The first-order valence-electron chi connectivity index (χ1n) is 9.84. The van der Waals surface area contributed by atoms with Gasteiger partial charge in [-0.15, -0.1) is 0 Å². The third-order valence-electron chi connectivity index (χ3n) is 4.82. The minimum absolute atomic E-state index is 0.309. The molecule has 0 bridgehead atoms. The number of rotatable bonds is 7. The van der Waals surface area contributed by atoms with Crippen LogP contribution in [0.15, 0.2) is 71.9 Å². The average molecular weight is 455 g/mol. The highest BCUT2D eigenvalue weighted by atomic mass is 35.5. The smallest absolute Gasteiger partial charge is 0.338 e. The number of esters is 1. The third kappa shape index (κ3) is 4.75. The number of fused-ring (bicyclic) bond motifs is 1. The summed E-state index contributed by atoms with van der Waals surface area (Å²) in [4.78, 5) is 16.9. The predicted octanol–water partition coefficient (Wildman–Crippen LogP) is 6.35. The lowest BCUT2D eigenvalue weighted by Gasteiger charge is -2.10. The highest BCUT2D eigenvalue weighted by molar-refractivity contribution is 7.98. The summed E-state index contributed by atoms with van der Waals surface area (Å²) in [6, 6.07) is 20.0. The van der Waals surface area contributed by atoms with Crippen molar-refractivity contribution in [2.45, 2.75) is 24.4 Å². The van der Waals surface area contributed by atoms with E-state index in [1.807, 2.05) is 36.4 Å². The van der Waals surface area contributed by atoms with E-state index < -0.39 is 0 Å². The number of hydrogen-bond acceptors (Lipinski definition) is 4. The van der Waals surface area contributed by atoms with Gasteiger partial charge in [-0.2, -0.15) is 0 Å². The number of thioether (sulfide) groups is 1. The summed E-state index contributed by atoms with van der Waals surface area (Å²) < 4.78 is 21.4. The van der Waals surface area contributed by atoms with Crippen molar-refractivity contribution in [1.82, 2.24) is 9.55 Å². The number of hydrogen-bond donors (Lipinski definition) is 0. The van der Waals surface area contributed by atoms with Gasteiger partial charge in [0.15, 0.2) is 5.16 Å². The largest absolute Gasteiger partial charge is 0.462 e. The van der Waals surface area contributed by atoms with Crippen molar-refractivity contribution in [1.29, 1.82) is 0 Å². The Labute approximate surface area is 189 Å². The van der Waals surface area contributed by atoms with Crippen molar-refractivity contribution in [2.75, 3.05) is 6.61 Å². The highest BCUT2D eigenvalue weighted by Crippen LogP contribution is 2.31. The van der Waals surface area contributed by atoms with Crippen LogP contribution in [0.3, 0.4) is 0 Å². The Morgan fingerprint density at radius 1 is 1.13 bits per heavy atom. The van der Waals surface area contributed by atoms with Crippen LogP contribution in [0.5, 0.6) is 0 Å². The highest BCUT2D eigenvalue weighted by Gasteiger charge is 2.16. The van der Waals surface area contributed by atoms with E-state index in [2.05, 4.69) is 4.57 Å². The van der Waals surface area contributed by atoms with Gasteiger partial charge in [-0.1, -0.05) is 59.8 Å². The second-order valence-corrected chi connectivity index (χ2v) is 8.23. The number of ether oxygens (including phenoxy) is 1. The summed E-state index contributed by atoms with van der Waals surface area (Å²) in [6.45, 7) is 2.68. The summed E-state index contributed by atoms with van der Waals surface area (Å²) in [5, 5.41) is 1.11. The van der Waals surface area contributed by atoms with E-state index in [9.17, 15) is 9.18 Å². The first-order valence-corrected chi connectivity index (χ1v) is 11.2. The molecule has 0 aliphatic carbocycles. The molecule has 0 radical (unpaired) electrons. The standard InChI is InChI=1S/C24H20ClFN2O2S/c1-2-30-23(29)17-11-12-22-21(13-17)27-24(28(22)14-16-7-4-3-5-8-16)31-15-18-19(25)9-6-10-20(18)26/h3-13H,2,14-15H2,1H3. The lowest BCUT2D eigenvalue weighted by molar-refractivity contribution is 0.0526. The Balaban J connectivity index is 1.72. The van der Waals surface area contributed by atoms with Crippen LogP contribution in [0.1, 0.15) is 28.4 Å². The molecule has 1 aromatic heterocycles. The van der Waals surface area contributed by atoms with Crippen molar-refractivity contribution in [3.8, 4) is 0 Å². The lowest BCUT2D eigenvalue weighted by Crippen LogP contribution is -2.05. The number of benzene rings is 3. The zero-order valence-corrected chi connectivity index (χ0v) is 18.4. The lowest BCUT2D eigenvalue weighted by atomic mass is 10.2. The fraction of sp³-hybridized carbons (Fsp3) is 0.167. The van der Waals surface area contributed by atoms with Crippen LogP contribution in [-0.4, -0.2) is 22.1 Å². The van der Waals surface area contributed by atoms with E-state index in [1.165, 1.54) is 17.8 Å². The number of nitrogens with zero attached hydrogens (tertiary/aromatic N) is 2. The van der Waals surface area contributed by atoms with Crippen LogP contribution in [-0.2, 0) is 17.0 Å². The monoisotopic (exact) mass is 454 g/mol. The van der Waals surface area contributed by atoms with Crippen molar-refractivity contribution in [3.05, 3.63) is 94.3 Å². The molecule has 0 fully saturated rings. The zero-order chi connectivity index (χ0) is 21.8. The normalized spacial score (nSPS) is 11.1. The SMILES string of the molecule is CCOC(=O)c1ccc2c(c1)nc(SCc1c(F)cccc1Cl)n2Cc1ccccc1. The van der Waals surface area contributed by atoms with Crippen molar-refractivity contribution >= 4 is 40.4 Å². The van der Waals surface area contributed by atoms with E-state index in [1.54, 1.807) is 31.2 Å². The maximum absolute atomic E-state index is 14.2. The van der Waals surface area contributed by atoms with Crippen LogP contribution < -0.4 is 0 Å². The molecule has 158 valence electrons. The molecule has 4 aromatic rings. The van der Waals surface area contributed by atoms with Gasteiger partial charge in [-0.05, 0) is 42.8 Å². The Bertz CT molecular complexity index is 1210. The Kier molecular flexibility index (Phi) is 6.59. The minimum Gasteiger partial charge on any atom is -0.462 e. The Hall–Kier alpha value is -2.83. The molecule has 0 saturated heterocycles. The molecule has 31 heavy (non-hydrogen) atoms. The average Bonchev–Trinajstić information content (AvgIpc) is 3.11. The summed E-state index contributed by atoms with van der Waals surface area (Å²) in [6.07, 6.45) is 0. The van der Waals surface area contributed by atoms with Gasteiger partial charge in [-0.25, -0.2) is 14.2 Å². The maximum Gasteiger partial charge on any atom is 0.338 e. The quantitative estimate of drug-likeness (QED) is 0.241. The van der Waals surface area contributed by atoms with E-state index in [0.717, 1.165) is 16.2 Å². The van der Waals surface area contributed by atoms with E-state index in [-0.39, 0.29) is 11.8 Å². The summed E-state index contributed by atoms with van der Waals surface area (Å²) >= 11 is 7.61. The van der Waals surface area contributed by atoms with Crippen LogP contribution in [0.2, 0.25) is 5.02 Å².